The summed E-state index contributed by atoms with van der Waals surface area (Å²) in [4.78, 5) is 6.28. The molecule has 2 aromatic rings. The van der Waals surface area contributed by atoms with Crippen LogP contribution in [0.4, 0.5) is 11.5 Å². The van der Waals surface area contributed by atoms with Crippen LogP contribution in [0.15, 0.2) is 42.6 Å². The van der Waals surface area contributed by atoms with Crippen LogP contribution < -0.4 is 10.2 Å². The quantitative estimate of drug-likeness (QED) is 0.908. The molecule has 4 heteroatoms. The van der Waals surface area contributed by atoms with Crippen molar-refractivity contribution in [3.05, 3.63) is 53.7 Å². The number of nitriles is 1. The minimum Gasteiger partial charge on any atom is -0.380 e. The number of nitrogens with zero attached hydrogens (tertiary/aromatic N) is 3. The van der Waals surface area contributed by atoms with Crippen molar-refractivity contribution in [3.8, 4) is 6.07 Å². The van der Waals surface area contributed by atoms with E-state index in [0.29, 0.717) is 12.1 Å². The Morgan fingerprint density at radius 1 is 1.21 bits per heavy atom. The molecular formula is C15H16N4. The van der Waals surface area contributed by atoms with Gasteiger partial charge in [0.15, 0.2) is 0 Å². The molecule has 0 aliphatic rings. The van der Waals surface area contributed by atoms with Gasteiger partial charge in [0.25, 0.3) is 0 Å². The minimum absolute atomic E-state index is 0.618. The Kier molecular flexibility index (Phi) is 3.99. The van der Waals surface area contributed by atoms with Gasteiger partial charge < -0.3 is 10.2 Å². The molecule has 0 saturated heterocycles. The summed E-state index contributed by atoms with van der Waals surface area (Å²) in [6, 6.07) is 13.7. The normalized spacial score (nSPS) is 9.74. The van der Waals surface area contributed by atoms with Crippen LogP contribution in [0.1, 0.15) is 11.1 Å². The molecule has 0 saturated carbocycles. The van der Waals surface area contributed by atoms with E-state index >= 15 is 0 Å². The number of hydrogen-bond acceptors (Lipinski definition) is 4. The average Bonchev–Trinajstić information content (AvgIpc) is 2.45. The Labute approximate surface area is 113 Å². The lowest BCUT2D eigenvalue weighted by Crippen LogP contribution is -2.10. The van der Waals surface area contributed by atoms with E-state index in [1.165, 1.54) is 0 Å². The second kappa shape index (κ2) is 5.87. The first-order valence-electron chi connectivity index (χ1n) is 6.06. The van der Waals surface area contributed by atoms with Crippen LogP contribution in [0.3, 0.4) is 0 Å². The summed E-state index contributed by atoms with van der Waals surface area (Å²) in [5.74, 6) is 0.919. The monoisotopic (exact) mass is 252 g/mol. The van der Waals surface area contributed by atoms with Crippen LogP contribution in [0.2, 0.25) is 0 Å². The van der Waals surface area contributed by atoms with Gasteiger partial charge in [0, 0.05) is 20.6 Å². The van der Waals surface area contributed by atoms with Gasteiger partial charge in [0.2, 0.25) is 0 Å². The second-order valence-corrected chi connectivity index (χ2v) is 4.42. The van der Waals surface area contributed by atoms with Crippen LogP contribution in [-0.2, 0) is 6.54 Å². The number of rotatable bonds is 4. The van der Waals surface area contributed by atoms with Gasteiger partial charge in [-0.3, -0.25) is 0 Å². The second-order valence-electron chi connectivity index (χ2n) is 4.42. The molecule has 0 unspecified atom stereocenters. The number of hydrogen-bond donors (Lipinski definition) is 1. The summed E-state index contributed by atoms with van der Waals surface area (Å²) in [5.41, 5.74) is 2.63. The molecule has 19 heavy (non-hydrogen) atoms. The molecule has 0 atom stereocenters. The van der Waals surface area contributed by atoms with Crippen molar-refractivity contribution in [2.75, 3.05) is 24.3 Å². The molecule has 0 aliphatic carbocycles. The third kappa shape index (κ3) is 3.23. The Bertz CT molecular complexity index is 582. The van der Waals surface area contributed by atoms with Gasteiger partial charge in [-0.15, -0.1) is 0 Å². The lowest BCUT2D eigenvalue weighted by atomic mass is 10.1. The van der Waals surface area contributed by atoms with Crippen molar-refractivity contribution in [3.63, 3.8) is 0 Å². The minimum atomic E-state index is 0.618. The standard InChI is InChI=1S/C15H16N4/c1-19(2)15-8-7-14(11-18-15)17-10-13-6-4-3-5-12(13)9-16/h3-8,11,17H,10H2,1-2H3. The highest BCUT2D eigenvalue weighted by atomic mass is 15.1. The highest BCUT2D eigenvalue weighted by Crippen LogP contribution is 2.14. The molecule has 1 N–H and O–H groups in total. The highest BCUT2D eigenvalue weighted by molar-refractivity contribution is 5.49. The third-order valence-corrected chi connectivity index (χ3v) is 2.83. The zero-order valence-corrected chi connectivity index (χ0v) is 11.1. The summed E-state index contributed by atoms with van der Waals surface area (Å²) < 4.78 is 0. The van der Waals surface area contributed by atoms with Crippen molar-refractivity contribution in [2.45, 2.75) is 6.54 Å². The molecule has 1 aromatic heterocycles. The Hall–Kier alpha value is -2.54. The molecule has 2 rings (SSSR count). The van der Waals surface area contributed by atoms with Crippen LogP contribution in [-0.4, -0.2) is 19.1 Å². The molecule has 0 fully saturated rings. The van der Waals surface area contributed by atoms with Gasteiger partial charge in [0.05, 0.1) is 23.5 Å². The topological polar surface area (TPSA) is 52.0 Å². The van der Waals surface area contributed by atoms with Crippen molar-refractivity contribution in [2.24, 2.45) is 0 Å². The molecule has 0 bridgehead atoms. The van der Waals surface area contributed by atoms with Crippen LogP contribution in [0.5, 0.6) is 0 Å². The first-order chi connectivity index (χ1) is 9.20. The summed E-state index contributed by atoms with van der Waals surface area (Å²) in [6.45, 7) is 0.618. The molecule has 1 aromatic carbocycles. The van der Waals surface area contributed by atoms with Gasteiger partial charge in [-0.25, -0.2) is 4.98 Å². The number of aromatic nitrogens is 1. The predicted octanol–water partition coefficient (Wildman–Crippen LogP) is 2.63. The molecule has 0 amide bonds. The SMILES string of the molecule is CN(C)c1ccc(NCc2ccccc2C#N)cn1. The Balaban J connectivity index is 2.04. The summed E-state index contributed by atoms with van der Waals surface area (Å²) in [7, 11) is 3.91. The smallest absolute Gasteiger partial charge is 0.128 e. The fourth-order valence-corrected chi connectivity index (χ4v) is 1.74. The molecular weight excluding hydrogens is 236 g/mol. The van der Waals surface area contributed by atoms with E-state index in [4.69, 9.17) is 5.26 Å². The highest BCUT2D eigenvalue weighted by Gasteiger charge is 2.01. The van der Waals surface area contributed by atoms with Gasteiger partial charge in [-0.05, 0) is 23.8 Å². The lowest BCUT2D eigenvalue weighted by Gasteiger charge is -2.12. The maximum atomic E-state index is 9.02. The van der Waals surface area contributed by atoms with Crippen LogP contribution in [0.25, 0.3) is 0 Å². The molecule has 0 aliphatic heterocycles. The predicted molar refractivity (Wildman–Crippen MR) is 77.0 cm³/mol. The largest absolute Gasteiger partial charge is 0.380 e. The van der Waals surface area contributed by atoms with Gasteiger partial charge in [-0.1, -0.05) is 18.2 Å². The number of anilines is 2. The Morgan fingerprint density at radius 3 is 2.63 bits per heavy atom. The van der Waals surface area contributed by atoms with Gasteiger partial charge in [-0.2, -0.15) is 5.26 Å². The van der Waals surface area contributed by atoms with E-state index in [1.54, 1.807) is 6.20 Å². The van der Waals surface area contributed by atoms with E-state index in [0.717, 1.165) is 17.1 Å². The average molecular weight is 252 g/mol. The fraction of sp³-hybridized carbons (Fsp3) is 0.200. The van der Waals surface area contributed by atoms with E-state index < -0.39 is 0 Å². The summed E-state index contributed by atoms with van der Waals surface area (Å²) in [6.07, 6.45) is 1.80. The van der Waals surface area contributed by atoms with Crippen molar-refractivity contribution in [1.82, 2.24) is 4.98 Å². The molecule has 4 nitrogen and oxygen atoms in total. The molecule has 96 valence electrons. The van der Waals surface area contributed by atoms with E-state index in [-0.39, 0.29) is 0 Å². The lowest BCUT2D eigenvalue weighted by molar-refractivity contribution is 1.06. The van der Waals surface area contributed by atoms with Crippen LogP contribution >= 0.6 is 0 Å². The Morgan fingerprint density at radius 2 is 2.00 bits per heavy atom. The fourth-order valence-electron chi connectivity index (χ4n) is 1.74. The first-order valence-corrected chi connectivity index (χ1v) is 6.06. The maximum Gasteiger partial charge on any atom is 0.128 e. The maximum absolute atomic E-state index is 9.02. The van der Waals surface area contributed by atoms with Gasteiger partial charge >= 0.3 is 0 Å². The number of benzene rings is 1. The van der Waals surface area contributed by atoms with E-state index in [1.807, 2.05) is 55.4 Å². The zero-order chi connectivity index (χ0) is 13.7. The van der Waals surface area contributed by atoms with Gasteiger partial charge in [0.1, 0.15) is 5.82 Å². The van der Waals surface area contributed by atoms with Crippen molar-refractivity contribution in [1.29, 1.82) is 5.26 Å². The van der Waals surface area contributed by atoms with Crippen molar-refractivity contribution < 1.29 is 0 Å². The van der Waals surface area contributed by atoms with E-state index in [9.17, 15) is 0 Å². The number of nitrogens with one attached hydrogen (secondary N) is 1. The summed E-state index contributed by atoms with van der Waals surface area (Å²) >= 11 is 0. The molecule has 0 radical (unpaired) electrons. The first kappa shape index (κ1) is 12.9. The van der Waals surface area contributed by atoms with E-state index in [2.05, 4.69) is 16.4 Å². The third-order valence-electron chi connectivity index (χ3n) is 2.83. The zero-order valence-electron chi connectivity index (χ0n) is 11.1. The van der Waals surface area contributed by atoms with Crippen LogP contribution in [0, 0.1) is 11.3 Å². The summed E-state index contributed by atoms with van der Waals surface area (Å²) in [5, 5.41) is 12.3. The van der Waals surface area contributed by atoms with Crippen molar-refractivity contribution >= 4 is 11.5 Å². The number of pyridine rings is 1. The molecule has 0 spiro atoms. The molecule has 1 heterocycles.